The highest BCUT2D eigenvalue weighted by Crippen LogP contribution is 2.41. The molecule has 2 aromatic heterocycles. The first-order valence-corrected chi connectivity index (χ1v) is 12.1. The zero-order valence-corrected chi connectivity index (χ0v) is 19.6. The maximum atomic E-state index is 12.5. The SMILES string of the molecule is CCOC(=O)[C@@H]1CCCN([C@@H](c2ccc(OCC)cc2)c2sc3nc(CC)nn3c2O)C1. The Morgan fingerprint density at radius 1 is 1.25 bits per heavy atom. The molecule has 1 fully saturated rings. The van der Waals surface area contributed by atoms with Crippen molar-refractivity contribution in [3.8, 4) is 11.6 Å². The Morgan fingerprint density at radius 3 is 2.69 bits per heavy atom. The van der Waals surface area contributed by atoms with Gasteiger partial charge in [-0.3, -0.25) is 9.69 Å². The van der Waals surface area contributed by atoms with Gasteiger partial charge in [0, 0.05) is 13.0 Å². The van der Waals surface area contributed by atoms with Crippen molar-refractivity contribution >= 4 is 22.3 Å². The van der Waals surface area contributed by atoms with Gasteiger partial charge in [-0.15, -0.1) is 5.10 Å². The Morgan fingerprint density at radius 2 is 2.03 bits per heavy atom. The van der Waals surface area contributed by atoms with E-state index >= 15 is 0 Å². The van der Waals surface area contributed by atoms with Crippen molar-refractivity contribution in [2.24, 2.45) is 5.92 Å². The summed E-state index contributed by atoms with van der Waals surface area (Å²) in [5, 5.41) is 15.5. The standard InChI is InChI=1S/C23H30N4O4S/c1-4-18-24-23-27(25-18)21(28)20(32-23)19(15-9-11-17(12-10-15)30-5-2)26-13-7-8-16(14-26)22(29)31-6-3/h9-12,16,19,28H,4-8,13-14H2,1-3H3/t16-,19+/m1/s1. The zero-order chi connectivity index (χ0) is 22.7. The Hall–Kier alpha value is -2.65. The van der Waals surface area contributed by atoms with E-state index in [0.29, 0.717) is 37.0 Å². The number of hydrogen-bond donors (Lipinski definition) is 1. The summed E-state index contributed by atoms with van der Waals surface area (Å²) in [6.45, 7) is 8.15. The number of aryl methyl sites for hydroxylation is 1. The van der Waals surface area contributed by atoms with Crippen molar-refractivity contribution in [3.63, 3.8) is 0 Å². The fraction of sp³-hybridized carbons (Fsp3) is 0.522. The number of esters is 1. The molecule has 1 aliphatic rings. The number of aromatic hydroxyl groups is 1. The van der Waals surface area contributed by atoms with Crippen LogP contribution in [-0.2, 0) is 16.0 Å². The molecule has 1 aromatic carbocycles. The van der Waals surface area contributed by atoms with Crippen LogP contribution in [-0.4, -0.2) is 56.9 Å². The van der Waals surface area contributed by atoms with E-state index in [1.807, 2.05) is 45.0 Å². The molecule has 0 unspecified atom stereocenters. The van der Waals surface area contributed by atoms with Crippen LogP contribution in [0, 0.1) is 5.92 Å². The minimum atomic E-state index is -0.221. The van der Waals surface area contributed by atoms with Crippen LogP contribution >= 0.6 is 11.3 Å². The van der Waals surface area contributed by atoms with E-state index in [-0.39, 0.29) is 23.8 Å². The molecular formula is C23H30N4O4S. The minimum absolute atomic E-state index is 0.106. The number of benzene rings is 1. The number of ether oxygens (including phenoxy) is 2. The monoisotopic (exact) mass is 458 g/mol. The molecule has 3 heterocycles. The second-order valence-electron chi connectivity index (χ2n) is 7.86. The molecule has 3 aromatic rings. The molecule has 2 atom stereocenters. The first-order chi connectivity index (χ1) is 15.5. The Bertz CT molecular complexity index is 1060. The maximum absolute atomic E-state index is 12.5. The van der Waals surface area contributed by atoms with Gasteiger partial charge in [0.1, 0.15) is 5.75 Å². The molecule has 0 saturated carbocycles. The van der Waals surface area contributed by atoms with Gasteiger partial charge in [0.2, 0.25) is 10.8 Å². The summed E-state index contributed by atoms with van der Waals surface area (Å²) in [4.78, 5) is 20.7. The van der Waals surface area contributed by atoms with Crippen molar-refractivity contribution in [1.29, 1.82) is 0 Å². The molecule has 1 saturated heterocycles. The van der Waals surface area contributed by atoms with Gasteiger partial charge in [0.25, 0.3) is 0 Å². The summed E-state index contributed by atoms with van der Waals surface area (Å²) < 4.78 is 12.4. The Balaban J connectivity index is 1.72. The Labute approximate surface area is 191 Å². The number of carbonyl (C=O) groups is 1. The van der Waals surface area contributed by atoms with Crippen LogP contribution in [0.3, 0.4) is 0 Å². The first kappa shape index (κ1) is 22.5. The molecule has 9 heteroatoms. The summed E-state index contributed by atoms with van der Waals surface area (Å²) in [5.74, 6) is 1.29. The predicted molar refractivity (Wildman–Crippen MR) is 122 cm³/mol. The van der Waals surface area contributed by atoms with E-state index in [4.69, 9.17) is 9.47 Å². The minimum Gasteiger partial charge on any atom is -0.494 e. The normalized spacial score (nSPS) is 18.0. The first-order valence-electron chi connectivity index (χ1n) is 11.3. The van der Waals surface area contributed by atoms with Crippen molar-refractivity contribution in [2.45, 2.75) is 46.1 Å². The second kappa shape index (κ2) is 9.87. The van der Waals surface area contributed by atoms with E-state index in [9.17, 15) is 9.90 Å². The van der Waals surface area contributed by atoms with E-state index in [1.165, 1.54) is 15.9 Å². The van der Waals surface area contributed by atoms with Crippen molar-refractivity contribution in [2.75, 3.05) is 26.3 Å². The van der Waals surface area contributed by atoms with Gasteiger partial charge in [-0.1, -0.05) is 30.4 Å². The van der Waals surface area contributed by atoms with Crippen LogP contribution in [0.4, 0.5) is 0 Å². The summed E-state index contributed by atoms with van der Waals surface area (Å²) in [5.41, 5.74) is 1.02. The molecule has 1 N–H and O–H groups in total. The van der Waals surface area contributed by atoms with Crippen molar-refractivity contribution in [1.82, 2.24) is 19.5 Å². The second-order valence-corrected chi connectivity index (χ2v) is 8.87. The summed E-state index contributed by atoms with van der Waals surface area (Å²) in [7, 11) is 0. The zero-order valence-electron chi connectivity index (χ0n) is 18.8. The lowest BCUT2D eigenvalue weighted by Crippen LogP contribution is -2.41. The quantitative estimate of drug-likeness (QED) is 0.513. The van der Waals surface area contributed by atoms with E-state index < -0.39 is 0 Å². The fourth-order valence-corrected chi connectivity index (χ4v) is 5.39. The molecule has 0 spiro atoms. The maximum Gasteiger partial charge on any atom is 0.310 e. The number of carbonyl (C=O) groups excluding carboxylic acids is 1. The summed E-state index contributed by atoms with van der Waals surface area (Å²) in [6.07, 6.45) is 2.41. The van der Waals surface area contributed by atoms with Gasteiger partial charge in [-0.05, 0) is 50.9 Å². The number of nitrogens with zero attached hydrogens (tertiary/aromatic N) is 4. The molecule has 0 amide bonds. The highest BCUT2D eigenvalue weighted by Gasteiger charge is 2.35. The van der Waals surface area contributed by atoms with Crippen molar-refractivity contribution in [3.05, 3.63) is 40.5 Å². The van der Waals surface area contributed by atoms with Crippen LogP contribution in [0.25, 0.3) is 4.96 Å². The molecule has 0 aliphatic carbocycles. The lowest BCUT2D eigenvalue weighted by molar-refractivity contribution is -0.150. The highest BCUT2D eigenvalue weighted by atomic mass is 32.1. The number of fused-ring (bicyclic) bond motifs is 1. The van der Waals surface area contributed by atoms with Gasteiger partial charge < -0.3 is 14.6 Å². The van der Waals surface area contributed by atoms with Crippen LogP contribution < -0.4 is 4.74 Å². The molecule has 0 bridgehead atoms. The number of likely N-dealkylation sites (tertiary alicyclic amines) is 1. The van der Waals surface area contributed by atoms with Crippen LogP contribution in [0.1, 0.15) is 55.9 Å². The topological polar surface area (TPSA) is 89.2 Å². The van der Waals surface area contributed by atoms with E-state index in [1.54, 1.807) is 0 Å². The highest BCUT2D eigenvalue weighted by molar-refractivity contribution is 7.17. The molecule has 172 valence electrons. The lowest BCUT2D eigenvalue weighted by atomic mass is 9.94. The third kappa shape index (κ3) is 4.45. The fourth-order valence-electron chi connectivity index (χ4n) is 4.25. The lowest BCUT2D eigenvalue weighted by Gasteiger charge is -2.37. The van der Waals surface area contributed by atoms with Gasteiger partial charge >= 0.3 is 5.97 Å². The smallest absolute Gasteiger partial charge is 0.310 e. The number of hydrogen-bond acceptors (Lipinski definition) is 8. The van der Waals surface area contributed by atoms with E-state index in [2.05, 4.69) is 15.0 Å². The number of rotatable bonds is 8. The van der Waals surface area contributed by atoms with Crippen LogP contribution in [0.15, 0.2) is 24.3 Å². The summed E-state index contributed by atoms with van der Waals surface area (Å²) in [6, 6.07) is 7.72. The average molecular weight is 459 g/mol. The van der Waals surface area contributed by atoms with Gasteiger partial charge in [0.05, 0.1) is 30.1 Å². The largest absolute Gasteiger partial charge is 0.494 e. The molecule has 4 rings (SSSR count). The van der Waals surface area contributed by atoms with Gasteiger partial charge in [0.15, 0.2) is 5.82 Å². The van der Waals surface area contributed by atoms with Crippen LogP contribution in [0.2, 0.25) is 0 Å². The van der Waals surface area contributed by atoms with Gasteiger partial charge in [-0.2, -0.15) is 4.52 Å². The number of thiazole rings is 1. The molecule has 1 aliphatic heterocycles. The number of piperidine rings is 1. The van der Waals surface area contributed by atoms with Gasteiger partial charge in [-0.25, -0.2) is 4.98 Å². The van der Waals surface area contributed by atoms with E-state index in [0.717, 1.165) is 35.6 Å². The number of aromatic nitrogens is 3. The van der Waals surface area contributed by atoms with Crippen LogP contribution in [0.5, 0.6) is 11.6 Å². The molecule has 32 heavy (non-hydrogen) atoms. The molecular weight excluding hydrogens is 428 g/mol. The molecule has 8 nitrogen and oxygen atoms in total. The Kier molecular flexibility index (Phi) is 6.95. The predicted octanol–water partition coefficient (Wildman–Crippen LogP) is 3.82. The van der Waals surface area contributed by atoms with Crippen molar-refractivity contribution < 1.29 is 19.4 Å². The third-order valence-electron chi connectivity index (χ3n) is 5.75. The average Bonchev–Trinajstić information content (AvgIpc) is 3.35. The summed E-state index contributed by atoms with van der Waals surface area (Å²) >= 11 is 1.44. The third-order valence-corrected chi connectivity index (χ3v) is 6.83. The molecule has 0 radical (unpaired) electrons.